The molecule has 90 valence electrons. The summed E-state index contributed by atoms with van der Waals surface area (Å²) in [7, 11) is 0. The monoisotopic (exact) mass is 273 g/mol. The second-order valence-corrected chi connectivity index (χ2v) is 3.80. The molecule has 0 saturated carbocycles. The number of hydrogen-bond donors (Lipinski definition) is 1. The van der Waals surface area contributed by atoms with Crippen LogP contribution in [-0.2, 0) is 11.4 Å². The molecule has 0 aliphatic carbocycles. The van der Waals surface area contributed by atoms with Crippen LogP contribution in [0.25, 0.3) is 0 Å². The molecule has 0 unspecified atom stereocenters. The highest BCUT2D eigenvalue weighted by Crippen LogP contribution is 2.20. The highest BCUT2D eigenvalue weighted by Gasteiger charge is 2.27. The van der Waals surface area contributed by atoms with Gasteiger partial charge in [0.1, 0.15) is 0 Å². The van der Waals surface area contributed by atoms with E-state index in [-0.39, 0.29) is 6.54 Å². The number of nitrogens with one attached hydrogen (secondary N) is 1. The fraction of sp³-hybridized carbons (Fsp3) is 0.333. The summed E-state index contributed by atoms with van der Waals surface area (Å²) >= 11 is 11.5. The van der Waals surface area contributed by atoms with Crippen LogP contribution in [0.4, 0.5) is 13.2 Å². The van der Waals surface area contributed by atoms with Crippen LogP contribution in [0, 0.1) is 0 Å². The first-order valence-electron chi connectivity index (χ1n) is 4.24. The summed E-state index contributed by atoms with van der Waals surface area (Å²) in [6, 6.07) is 4.70. The average molecular weight is 274 g/mol. The Morgan fingerprint density at radius 3 is 2.56 bits per heavy atom. The van der Waals surface area contributed by atoms with Crippen LogP contribution < -0.4 is 5.48 Å². The van der Waals surface area contributed by atoms with Crippen molar-refractivity contribution in [1.82, 2.24) is 5.48 Å². The van der Waals surface area contributed by atoms with Crippen molar-refractivity contribution >= 4 is 23.2 Å². The predicted octanol–water partition coefficient (Wildman–Crippen LogP) is 3.58. The Morgan fingerprint density at radius 2 is 1.94 bits per heavy atom. The number of halogens is 5. The maximum Gasteiger partial charge on any atom is 0.413 e. The zero-order chi connectivity index (χ0) is 12.2. The average Bonchev–Trinajstić information content (AvgIpc) is 2.16. The van der Waals surface area contributed by atoms with Crippen LogP contribution in [0.3, 0.4) is 0 Å². The van der Waals surface area contributed by atoms with Gasteiger partial charge < -0.3 is 0 Å². The Morgan fingerprint density at radius 1 is 1.25 bits per heavy atom. The molecule has 0 bridgehead atoms. The van der Waals surface area contributed by atoms with E-state index in [0.717, 1.165) is 0 Å². The van der Waals surface area contributed by atoms with Gasteiger partial charge in [-0.1, -0.05) is 23.2 Å². The van der Waals surface area contributed by atoms with E-state index in [0.29, 0.717) is 15.6 Å². The van der Waals surface area contributed by atoms with E-state index in [2.05, 4.69) is 10.3 Å². The van der Waals surface area contributed by atoms with Gasteiger partial charge in [-0.3, -0.25) is 4.84 Å². The molecular formula is C9H8Cl2F3NO. The van der Waals surface area contributed by atoms with Gasteiger partial charge >= 0.3 is 6.18 Å². The van der Waals surface area contributed by atoms with Gasteiger partial charge in [0.05, 0.1) is 0 Å². The minimum Gasteiger partial charge on any atom is -0.292 e. The normalized spacial score (nSPS) is 11.8. The summed E-state index contributed by atoms with van der Waals surface area (Å²) in [4.78, 5) is 4.22. The molecule has 1 aromatic carbocycles. The van der Waals surface area contributed by atoms with Gasteiger partial charge in [-0.2, -0.15) is 18.7 Å². The smallest absolute Gasteiger partial charge is 0.292 e. The summed E-state index contributed by atoms with van der Waals surface area (Å²) in [6.07, 6.45) is -4.36. The van der Waals surface area contributed by atoms with Crippen molar-refractivity contribution in [3.05, 3.63) is 33.8 Å². The molecule has 0 amide bonds. The van der Waals surface area contributed by atoms with E-state index in [9.17, 15) is 13.2 Å². The van der Waals surface area contributed by atoms with Gasteiger partial charge in [-0.25, -0.2) is 0 Å². The van der Waals surface area contributed by atoms with Gasteiger partial charge in [0.25, 0.3) is 0 Å². The maximum atomic E-state index is 11.7. The highest BCUT2D eigenvalue weighted by molar-refractivity contribution is 6.33. The summed E-state index contributed by atoms with van der Waals surface area (Å²) < 4.78 is 35.1. The number of benzene rings is 1. The Labute approximate surface area is 100 Å². The molecule has 1 aromatic rings. The maximum absolute atomic E-state index is 11.7. The lowest BCUT2D eigenvalue weighted by atomic mass is 10.2. The fourth-order valence-electron chi connectivity index (χ4n) is 0.940. The quantitative estimate of drug-likeness (QED) is 0.669. The molecule has 0 aliphatic heterocycles. The first-order chi connectivity index (χ1) is 7.38. The molecular weight excluding hydrogens is 266 g/mol. The second-order valence-electron chi connectivity index (χ2n) is 2.96. The lowest BCUT2D eigenvalue weighted by Gasteiger charge is -2.09. The van der Waals surface area contributed by atoms with Crippen LogP contribution >= 0.6 is 23.2 Å². The van der Waals surface area contributed by atoms with Crippen LogP contribution in [0.1, 0.15) is 5.56 Å². The van der Waals surface area contributed by atoms with Crippen LogP contribution in [-0.4, -0.2) is 12.8 Å². The van der Waals surface area contributed by atoms with E-state index in [4.69, 9.17) is 23.2 Å². The van der Waals surface area contributed by atoms with E-state index in [1.807, 2.05) is 0 Å². The number of rotatable bonds is 4. The number of alkyl halides is 3. The largest absolute Gasteiger partial charge is 0.413 e. The van der Waals surface area contributed by atoms with Crippen LogP contribution in [0.15, 0.2) is 18.2 Å². The summed E-state index contributed by atoms with van der Waals surface area (Å²) in [6.45, 7) is -1.30. The number of hydrogen-bond acceptors (Lipinski definition) is 2. The van der Waals surface area contributed by atoms with Crippen LogP contribution in [0.5, 0.6) is 0 Å². The van der Waals surface area contributed by atoms with Crippen molar-refractivity contribution < 1.29 is 18.0 Å². The standard InChI is InChI=1S/C9H8Cl2F3NO/c10-7-1-2-8(11)6(3-7)4-15-16-5-9(12,13)14/h1-3,15H,4-5H2. The van der Waals surface area contributed by atoms with Gasteiger partial charge in [-0.05, 0) is 23.8 Å². The van der Waals surface area contributed by atoms with Crippen molar-refractivity contribution in [2.45, 2.75) is 12.7 Å². The molecule has 0 heterocycles. The third-order valence-corrected chi connectivity index (χ3v) is 2.21. The summed E-state index contributed by atoms with van der Waals surface area (Å²) in [5.41, 5.74) is 2.73. The van der Waals surface area contributed by atoms with Crippen molar-refractivity contribution in [3.63, 3.8) is 0 Å². The minimum atomic E-state index is -4.36. The zero-order valence-corrected chi connectivity index (χ0v) is 9.46. The fourth-order valence-corrected chi connectivity index (χ4v) is 1.32. The molecule has 0 spiro atoms. The molecule has 0 atom stereocenters. The zero-order valence-electron chi connectivity index (χ0n) is 7.94. The molecule has 0 aromatic heterocycles. The Bertz CT molecular complexity index is 357. The van der Waals surface area contributed by atoms with E-state index in [1.165, 1.54) is 0 Å². The molecule has 1 rings (SSSR count). The van der Waals surface area contributed by atoms with Gasteiger partial charge in [-0.15, -0.1) is 0 Å². The molecule has 0 fully saturated rings. The van der Waals surface area contributed by atoms with Crippen LogP contribution in [0.2, 0.25) is 10.0 Å². The summed E-state index contributed by atoms with van der Waals surface area (Å²) in [5, 5.41) is 0.865. The van der Waals surface area contributed by atoms with E-state index < -0.39 is 12.8 Å². The molecule has 1 N–H and O–H groups in total. The molecule has 0 aliphatic rings. The highest BCUT2D eigenvalue weighted by atomic mass is 35.5. The number of hydroxylamine groups is 1. The third kappa shape index (κ3) is 5.03. The third-order valence-electron chi connectivity index (χ3n) is 1.61. The van der Waals surface area contributed by atoms with E-state index in [1.54, 1.807) is 18.2 Å². The molecule has 0 saturated heterocycles. The Kier molecular flexibility index (Phi) is 4.86. The first-order valence-corrected chi connectivity index (χ1v) is 4.99. The van der Waals surface area contributed by atoms with Crippen molar-refractivity contribution in [1.29, 1.82) is 0 Å². The van der Waals surface area contributed by atoms with Gasteiger partial charge in [0, 0.05) is 16.6 Å². The molecule has 16 heavy (non-hydrogen) atoms. The molecule has 2 nitrogen and oxygen atoms in total. The van der Waals surface area contributed by atoms with Crippen molar-refractivity contribution in [3.8, 4) is 0 Å². The van der Waals surface area contributed by atoms with Crippen molar-refractivity contribution in [2.75, 3.05) is 6.61 Å². The predicted molar refractivity (Wildman–Crippen MR) is 55.3 cm³/mol. The topological polar surface area (TPSA) is 21.3 Å². The Balaban J connectivity index is 2.40. The first kappa shape index (κ1) is 13.6. The second kappa shape index (κ2) is 5.72. The Hall–Kier alpha value is -0.490. The van der Waals surface area contributed by atoms with E-state index >= 15 is 0 Å². The SMILES string of the molecule is FC(F)(F)CONCc1cc(Cl)ccc1Cl. The molecule has 0 radical (unpaired) electrons. The van der Waals surface area contributed by atoms with Gasteiger partial charge in [0.15, 0.2) is 6.61 Å². The lowest BCUT2D eigenvalue weighted by molar-refractivity contribution is -0.190. The minimum absolute atomic E-state index is 0.0511. The summed E-state index contributed by atoms with van der Waals surface area (Å²) in [5.74, 6) is 0. The van der Waals surface area contributed by atoms with Crippen molar-refractivity contribution in [2.24, 2.45) is 0 Å². The molecule has 7 heteroatoms. The lowest BCUT2D eigenvalue weighted by Crippen LogP contribution is -2.24. The van der Waals surface area contributed by atoms with Gasteiger partial charge in [0.2, 0.25) is 0 Å².